The standard InChI is InChI=1S/C13H13N3O2/c1-16-10-6-9(11-7-12(14)15-18-11)3-2-8(10)4-5-13(16)17/h2-3,6-7H,4-5H2,1H3,(H2,14,15). The van der Waals surface area contributed by atoms with Crippen LogP contribution in [0.5, 0.6) is 0 Å². The largest absolute Gasteiger partial charge is 0.381 e. The van der Waals surface area contributed by atoms with Crippen LogP contribution in [0.3, 0.4) is 0 Å². The van der Waals surface area contributed by atoms with E-state index in [1.807, 2.05) is 18.2 Å². The highest BCUT2D eigenvalue weighted by molar-refractivity contribution is 5.96. The molecule has 0 unspecified atom stereocenters. The highest BCUT2D eigenvalue weighted by atomic mass is 16.5. The lowest BCUT2D eigenvalue weighted by Crippen LogP contribution is -2.31. The number of carbonyl (C=O) groups excluding carboxylic acids is 1. The third-order valence-corrected chi connectivity index (χ3v) is 3.24. The number of amides is 1. The van der Waals surface area contributed by atoms with Crippen molar-refractivity contribution in [1.82, 2.24) is 5.16 Å². The predicted octanol–water partition coefficient (Wildman–Crippen LogP) is 1.83. The summed E-state index contributed by atoms with van der Waals surface area (Å²) in [6.07, 6.45) is 1.36. The number of hydrogen-bond acceptors (Lipinski definition) is 4. The zero-order chi connectivity index (χ0) is 12.7. The fourth-order valence-electron chi connectivity index (χ4n) is 2.21. The lowest BCUT2D eigenvalue weighted by atomic mass is 9.99. The van der Waals surface area contributed by atoms with Crippen molar-refractivity contribution in [1.29, 1.82) is 0 Å². The quantitative estimate of drug-likeness (QED) is 0.829. The van der Waals surface area contributed by atoms with Crippen molar-refractivity contribution in [3.05, 3.63) is 29.8 Å². The van der Waals surface area contributed by atoms with E-state index in [0.717, 1.165) is 17.7 Å². The van der Waals surface area contributed by atoms with Crippen LogP contribution in [0, 0.1) is 0 Å². The smallest absolute Gasteiger partial charge is 0.227 e. The molecule has 1 amide bonds. The summed E-state index contributed by atoms with van der Waals surface area (Å²) in [6.45, 7) is 0. The SMILES string of the molecule is CN1C(=O)CCc2ccc(-c3cc(N)no3)cc21. The zero-order valence-corrected chi connectivity index (χ0v) is 10.0. The molecule has 0 saturated carbocycles. The number of hydrogen-bond donors (Lipinski definition) is 1. The van der Waals surface area contributed by atoms with E-state index in [4.69, 9.17) is 10.3 Å². The third kappa shape index (κ3) is 1.64. The van der Waals surface area contributed by atoms with Crippen LogP contribution in [0.4, 0.5) is 11.5 Å². The van der Waals surface area contributed by atoms with Gasteiger partial charge in [-0.25, -0.2) is 0 Å². The summed E-state index contributed by atoms with van der Waals surface area (Å²) < 4.78 is 5.12. The Hall–Kier alpha value is -2.30. The molecule has 2 heterocycles. The van der Waals surface area contributed by atoms with Crippen LogP contribution < -0.4 is 10.6 Å². The first-order valence-corrected chi connectivity index (χ1v) is 5.77. The number of aromatic nitrogens is 1. The Morgan fingerprint density at radius 3 is 2.89 bits per heavy atom. The van der Waals surface area contributed by atoms with Crippen molar-refractivity contribution in [2.75, 3.05) is 17.7 Å². The third-order valence-electron chi connectivity index (χ3n) is 3.24. The highest BCUT2D eigenvalue weighted by Gasteiger charge is 2.21. The molecule has 1 aliphatic rings. The molecule has 92 valence electrons. The Kier molecular flexibility index (Phi) is 2.33. The van der Waals surface area contributed by atoms with Gasteiger partial charge in [-0.2, -0.15) is 0 Å². The van der Waals surface area contributed by atoms with Gasteiger partial charge in [0.25, 0.3) is 0 Å². The number of rotatable bonds is 1. The van der Waals surface area contributed by atoms with Crippen molar-refractivity contribution >= 4 is 17.4 Å². The van der Waals surface area contributed by atoms with Crippen molar-refractivity contribution in [2.45, 2.75) is 12.8 Å². The molecule has 0 fully saturated rings. The first-order valence-electron chi connectivity index (χ1n) is 5.77. The molecule has 0 spiro atoms. The molecule has 5 nitrogen and oxygen atoms in total. The molecule has 1 aromatic carbocycles. The van der Waals surface area contributed by atoms with E-state index in [1.54, 1.807) is 18.0 Å². The average Bonchev–Trinajstić information content (AvgIpc) is 2.80. The number of nitrogens with two attached hydrogens (primary N) is 1. The summed E-state index contributed by atoms with van der Waals surface area (Å²) in [4.78, 5) is 13.4. The van der Waals surface area contributed by atoms with Crippen LogP contribution in [-0.2, 0) is 11.2 Å². The maximum absolute atomic E-state index is 11.7. The molecule has 2 aromatic rings. The molecule has 0 bridgehead atoms. The van der Waals surface area contributed by atoms with Gasteiger partial charge in [0.15, 0.2) is 11.6 Å². The van der Waals surface area contributed by atoms with E-state index in [-0.39, 0.29) is 5.91 Å². The first-order chi connectivity index (χ1) is 8.65. The summed E-state index contributed by atoms with van der Waals surface area (Å²) in [5, 5.41) is 3.66. The molecule has 5 heteroatoms. The van der Waals surface area contributed by atoms with Gasteiger partial charge in [0.05, 0.1) is 0 Å². The van der Waals surface area contributed by atoms with Gasteiger partial charge in [-0.15, -0.1) is 0 Å². The minimum absolute atomic E-state index is 0.136. The van der Waals surface area contributed by atoms with E-state index < -0.39 is 0 Å². The van der Waals surface area contributed by atoms with Crippen LogP contribution in [0.25, 0.3) is 11.3 Å². The molecule has 0 radical (unpaired) electrons. The Morgan fingerprint density at radius 2 is 2.17 bits per heavy atom. The molecule has 0 aliphatic carbocycles. The van der Waals surface area contributed by atoms with Gasteiger partial charge < -0.3 is 15.2 Å². The average molecular weight is 243 g/mol. The van der Waals surface area contributed by atoms with Gasteiger partial charge in [-0.3, -0.25) is 4.79 Å². The molecule has 0 atom stereocenters. The summed E-state index contributed by atoms with van der Waals surface area (Å²) in [6, 6.07) is 7.59. The number of anilines is 2. The molecule has 1 aromatic heterocycles. The van der Waals surface area contributed by atoms with E-state index >= 15 is 0 Å². The molecule has 18 heavy (non-hydrogen) atoms. The van der Waals surface area contributed by atoms with Crippen molar-refractivity contribution in [3.8, 4) is 11.3 Å². The Labute approximate surface area is 104 Å². The Bertz CT molecular complexity index is 618. The second kappa shape index (κ2) is 3.87. The van der Waals surface area contributed by atoms with E-state index in [2.05, 4.69) is 5.16 Å². The molecule has 3 rings (SSSR count). The summed E-state index contributed by atoms with van der Waals surface area (Å²) >= 11 is 0. The second-order valence-electron chi connectivity index (χ2n) is 4.41. The fourth-order valence-corrected chi connectivity index (χ4v) is 2.21. The minimum atomic E-state index is 0.136. The van der Waals surface area contributed by atoms with Gasteiger partial charge in [0.1, 0.15) is 0 Å². The number of benzene rings is 1. The van der Waals surface area contributed by atoms with Gasteiger partial charge in [-0.05, 0) is 18.1 Å². The van der Waals surface area contributed by atoms with Crippen LogP contribution in [0.2, 0.25) is 0 Å². The number of carbonyl (C=O) groups is 1. The molecule has 2 N–H and O–H groups in total. The van der Waals surface area contributed by atoms with Gasteiger partial charge in [0, 0.05) is 30.8 Å². The second-order valence-corrected chi connectivity index (χ2v) is 4.41. The van der Waals surface area contributed by atoms with Crippen LogP contribution in [-0.4, -0.2) is 18.1 Å². The monoisotopic (exact) mass is 243 g/mol. The molecular formula is C13H13N3O2. The lowest BCUT2D eigenvalue weighted by Gasteiger charge is -2.26. The van der Waals surface area contributed by atoms with Gasteiger partial charge >= 0.3 is 0 Å². The van der Waals surface area contributed by atoms with Crippen molar-refractivity contribution < 1.29 is 9.32 Å². The minimum Gasteiger partial charge on any atom is -0.381 e. The number of nitrogen functional groups attached to an aromatic ring is 1. The first kappa shape index (κ1) is 10.8. The van der Waals surface area contributed by atoms with E-state index in [9.17, 15) is 4.79 Å². The van der Waals surface area contributed by atoms with Crippen LogP contribution in [0.1, 0.15) is 12.0 Å². The molecular weight excluding hydrogens is 230 g/mol. The van der Waals surface area contributed by atoms with Gasteiger partial charge in [0.2, 0.25) is 5.91 Å². The number of nitrogens with zero attached hydrogens (tertiary/aromatic N) is 2. The van der Waals surface area contributed by atoms with E-state index in [0.29, 0.717) is 18.0 Å². The maximum atomic E-state index is 11.7. The summed E-state index contributed by atoms with van der Waals surface area (Å²) in [7, 11) is 1.79. The molecule has 0 saturated heterocycles. The highest BCUT2D eigenvalue weighted by Crippen LogP contribution is 2.32. The summed E-state index contributed by atoms with van der Waals surface area (Å²) in [5.74, 6) is 1.10. The normalized spacial score (nSPS) is 14.7. The predicted molar refractivity (Wildman–Crippen MR) is 68.1 cm³/mol. The Balaban J connectivity index is 2.07. The van der Waals surface area contributed by atoms with Crippen molar-refractivity contribution in [3.63, 3.8) is 0 Å². The molecule has 1 aliphatic heterocycles. The maximum Gasteiger partial charge on any atom is 0.227 e. The zero-order valence-electron chi connectivity index (χ0n) is 10.0. The fraction of sp³-hybridized carbons (Fsp3) is 0.231. The number of fused-ring (bicyclic) bond motifs is 1. The van der Waals surface area contributed by atoms with Crippen molar-refractivity contribution in [2.24, 2.45) is 0 Å². The Morgan fingerprint density at radius 1 is 1.33 bits per heavy atom. The lowest BCUT2D eigenvalue weighted by molar-refractivity contribution is -0.118. The topological polar surface area (TPSA) is 72.4 Å². The number of aryl methyl sites for hydroxylation is 1. The van der Waals surface area contributed by atoms with Crippen LogP contribution >= 0.6 is 0 Å². The van der Waals surface area contributed by atoms with E-state index in [1.165, 1.54) is 5.56 Å². The van der Waals surface area contributed by atoms with Gasteiger partial charge in [-0.1, -0.05) is 17.3 Å². The summed E-state index contributed by atoms with van der Waals surface area (Å²) in [5.41, 5.74) is 8.51. The van der Waals surface area contributed by atoms with Crippen LogP contribution in [0.15, 0.2) is 28.8 Å².